The molecule has 33 heavy (non-hydrogen) atoms. The maximum Gasteiger partial charge on any atom is 0.251 e. The number of halogens is 1. The standard InChI is InChI=1S/C24H30ClN3O4S/c1-18-6-12-22(13-7-18)33(31,32)27-16-19-4-3-15-28(17-19)23(29)5-2-14-26-24(30)20-8-10-21(25)11-9-20/h6-13,19,27H,2-5,14-17H2,1H3,(H,26,30). The molecule has 1 fully saturated rings. The summed E-state index contributed by atoms with van der Waals surface area (Å²) in [5.41, 5.74) is 1.53. The van der Waals surface area contributed by atoms with E-state index in [1.54, 1.807) is 53.4 Å². The van der Waals surface area contributed by atoms with E-state index in [0.29, 0.717) is 49.6 Å². The molecule has 9 heteroatoms. The van der Waals surface area contributed by atoms with Gasteiger partial charge < -0.3 is 10.2 Å². The fourth-order valence-electron chi connectivity index (χ4n) is 3.79. The highest BCUT2D eigenvalue weighted by molar-refractivity contribution is 7.89. The molecule has 0 saturated carbocycles. The minimum absolute atomic E-state index is 0.0295. The largest absolute Gasteiger partial charge is 0.352 e. The van der Waals surface area contributed by atoms with Crippen molar-refractivity contribution in [1.82, 2.24) is 14.9 Å². The van der Waals surface area contributed by atoms with Gasteiger partial charge in [-0.2, -0.15) is 0 Å². The van der Waals surface area contributed by atoms with E-state index in [1.165, 1.54) is 0 Å². The predicted octanol–water partition coefficient (Wildman–Crippen LogP) is 3.38. The maximum atomic E-state index is 12.6. The number of sulfonamides is 1. The molecule has 178 valence electrons. The number of carbonyl (C=O) groups is 2. The molecule has 1 unspecified atom stereocenters. The van der Waals surface area contributed by atoms with Gasteiger partial charge in [-0.1, -0.05) is 29.3 Å². The SMILES string of the molecule is Cc1ccc(S(=O)(=O)NCC2CCCN(C(=O)CCCNC(=O)c3ccc(Cl)cc3)C2)cc1. The van der Waals surface area contributed by atoms with Crippen molar-refractivity contribution in [3.63, 3.8) is 0 Å². The van der Waals surface area contributed by atoms with E-state index < -0.39 is 10.0 Å². The lowest BCUT2D eigenvalue weighted by molar-refractivity contribution is -0.133. The Morgan fingerprint density at radius 3 is 2.48 bits per heavy atom. The van der Waals surface area contributed by atoms with Crippen molar-refractivity contribution < 1.29 is 18.0 Å². The molecule has 3 rings (SSSR count). The lowest BCUT2D eigenvalue weighted by Gasteiger charge is -2.33. The Bertz CT molecular complexity index is 1060. The van der Waals surface area contributed by atoms with Crippen molar-refractivity contribution in [3.8, 4) is 0 Å². The Balaban J connectivity index is 1.40. The van der Waals surface area contributed by atoms with Crippen LogP contribution in [0.4, 0.5) is 0 Å². The Kier molecular flexibility index (Phi) is 8.88. The van der Waals surface area contributed by atoms with Gasteiger partial charge in [0.2, 0.25) is 15.9 Å². The summed E-state index contributed by atoms with van der Waals surface area (Å²) in [6.45, 7) is 3.83. The monoisotopic (exact) mass is 491 g/mol. The van der Waals surface area contributed by atoms with Crippen LogP contribution in [0.2, 0.25) is 5.02 Å². The van der Waals surface area contributed by atoms with Crippen LogP contribution in [0.5, 0.6) is 0 Å². The van der Waals surface area contributed by atoms with Crippen LogP contribution in [0.25, 0.3) is 0 Å². The van der Waals surface area contributed by atoms with Crippen LogP contribution in [0.15, 0.2) is 53.4 Å². The van der Waals surface area contributed by atoms with Crippen LogP contribution in [0, 0.1) is 12.8 Å². The number of nitrogens with zero attached hydrogens (tertiary/aromatic N) is 1. The van der Waals surface area contributed by atoms with Gasteiger partial charge in [-0.15, -0.1) is 0 Å². The molecule has 1 atom stereocenters. The molecule has 0 aliphatic carbocycles. The Hall–Kier alpha value is -2.42. The number of aryl methyl sites for hydroxylation is 1. The zero-order valence-electron chi connectivity index (χ0n) is 18.7. The number of rotatable bonds is 9. The molecule has 1 saturated heterocycles. The summed E-state index contributed by atoms with van der Waals surface area (Å²) in [5, 5.41) is 3.38. The van der Waals surface area contributed by atoms with Crippen molar-refractivity contribution in [3.05, 3.63) is 64.7 Å². The van der Waals surface area contributed by atoms with Crippen LogP contribution < -0.4 is 10.0 Å². The first kappa shape index (κ1) is 25.2. The van der Waals surface area contributed by atoms with Gasteiger partial charge in [0.15, 0.2) is 0 Å². The van der Waals surface area contributed by atoms with Gasteiger partial charge in [0.05, 0.1) is 4.90 Å². The second-order valence-corrected chi connectivity index (χ2v) is 10.6. The molecular formula is C24H30ClN3O4S. The van der Waals surface area contributed by atoms with Gasteiger partial charge in [-0.3, -0.25) is 9.59 Å². The summed E-state index contributed by atoms with van der Waals surface area (Å²) >= 11 is 5.83. The van der Waals surface area contributed by atoms with Crippen molar-refractivity contribution in [1.29, 1.82) is 0 Å². The van der Waals surface area contributed by atoms with E-state index in [2.05, 4.69) is 10.0 Å². The molecule has 1 aliphatic rings. The van der Waals surface area contributed by atoms with E-state index >= 15 is 0 Å². The smallest absolute Gasteiger partial charge is 0.251 e. The van der Waals surface area contributed by atoms with Crippen LogP contribution in [0.3, 0.4) is 0 Å². The molecule has 0 aromatic heterocycles. The second kappa shape index (κ2) is 11.6. The summed E-state index contributed by atoms with van der Waals surface area (Å²) in [6, 6.07) is 13.4. The highest BCUT2D eigenvalue weighted by Gasteiger charge is 2.25. The quantitative estimate of drug-likeness (QED) is 0.526. The molecule has 2 amide bonds. The number of piperidine rings is 1. The van der Waals surface area contributed by atoms with Crippen molar-refractivity contribution in [2.45, 2.75) is 37.5 Å². The average Bonchev–Trinajstić information content (AvgIpc) is 2.81. The third-order valence-corrected chi connectivity index (χ3v) is 7.42. The van der Waals surface area contributed by atoms with Crippen LogP contribution in [-0.4, -0.2) is 51.3 Å². The molecule has 2 aromatic rings. The normalized spacial score (nSPS) is 16.4. The Morgan fingerprint density at radius 2 is 1.79 bits per heavy atom. The van der Waals surface area contributed by atoms with Crippen molar-refractivity contribution >= 4 is 33.4 Å². The van der Waals surface area contributed by atoms with Gasteiger partial charge in [-0.05, 0) is 68.5 Å². The number of hydrogen-bond donors (Lipinski definition) is 2. The van der Waals surface area contributed by atoms with Crippen LogP contribution >= 0.6 is 11.6 Å². The fraction of sp³-hybridized carbons (Fsp3) is 0.417. The number of carbonyl (C=O) groups excluding carboxylic acids is 2. The molecule has 0 spiro atoms. The second-order valence-electron chi connectivity index (χ2n) is 8.38. The summed E-state index contributed by atoms with van der Waals surface area (Å²) < 4.78 is 27.7. The van der Waals surface area contributed by atoms with Gasteiger partial charge in [0, 0.05) is 43.2 Å². The minimum atomic E-state index is -3.57. The highest BCUT2D eigenvalue weighted by atomic mass is 35.5. The predicted molar refractivity (Wildman–Crippen MR) is 129 cm³/mol. The van der Waals surface area contributed by atoms with Crippen LogP contribution in [-0.2, 0) is 14.8 Å². The first-order valence-electron chi connectivity index (χ1n) is 11.1. The molecule has 2 N–H and O–H groups in total. The molecule has 0 radical (unpaired) electrons. The van der Waals surface area contributed by atoms with E-state index in [1.807, 2.05) is 6.92 Å². The molecular weight excluding hydrogens is 462 g/mol. The number of amides is 2. The number of benzene rings is 2. The lowest BCUT2D eigenvalue weighted by Crippen LogP contribution is -2.43. The number of nitrogens with one attached hydrogen (secondary N) is 2. The fourth-order valence-corrected chi connectivity index (χ4v) is 5.03. The summed E-state index contributed by atoms with van der Waals surface area (Å²) in [7, 11) is -3.57. The van der Waals surface area contributed by atoms with Crippen molar-refractivity contribution in [2.24, 2.45) is 5.92 Å². The van der Waals surface area contributed by atoms with Crippen molar-refractivity contribution in [2.75, 3.05) is 26.2 Å². The molecule has 1 aliphatic heterocycles. The topological polar surface area (TPSA) is 95.6 Å². The Morgan fingerprint density at radius 1 is 1.09 bits per heavy atom. The number of likely N-dealkylation sites (tertiary alicyclic amines) is 1. The van der Waals surface area contributed by atoms with Gasteiger partial charge >= 0.3 is 0 Å². The maximum absolute atomic E-state index is 12.6. The average molecular weight is 492 g/mol. The Labute approximate surface area is 200 Å². The lowest BCUT2D eigenvalue weighted by atomic mass is 9.98. The molecule has 7 nitrogen and oxygen atoms in total. The van der Waals surface area contributed by atoms with Gasteiger partial charge in [0.25, 0.3) is 5.91 Å². The molecule has 2 aromatic carbocycles. The summed E-state index contributed by atoms with van der Waals surface area (Å²) in [5.74, 6) is -0.0904. The summed E-state index contributed by atoms with van der Waals surface area (Å²) in [6.07, 6.45) is 2.59. The van der Waals surface area contributed by atoms with E-state index in [-0.39, 0.29) is 22.6 Å². The minimum Gasteiger partial charge on any atom is -0.352 e. The van der Waals surface area contributed by atoms with E-state index in [4.69, 9.17) is 11.6 Å². The summed E-state index contributed by atoms with van der Waals surface area (Å²) in [4.78, 5) is 26.8. The van der Waals surface area contributed by atoms with Crippen LogP contribution in [0.1, 0.15) is 41.6 Å². The third kappa shape index (κ3) is 7.55. The zero-order valence-corrected chi connectivity index (χ0v) is 20.3. The van der Waals surface area contributed by atoms with E-state index in [9.17, 15) is 18.0 Å². The number of hydrogen-bond acceptors (Lipinski definition) is 4. The highest BCUT2D eigenvalue weighted by Crippen LogP contribution is 2.18. The third-order valence-electron chi connectivity index (χ3n) is 5.72. The van der Waals surface area contributed by atoms with E-state index in [0.717, 1.165) is 18.4 Å². The first-order chi connectivity index (χ1) is 15.7. The zero-order chi connectivity index (χ0) is 23.8. The molecule has 1 heterocycles. The van der Waals surface area contributed by atoms with Gasteiger partial charge in [0.1, 0.15) is 0 Å². The van der Waals surface area contributed by atoms with Gasteiger partial charge in [-0.25, -0.2) is 13.1 Å². The first-order valence-corrected chi connectivity index (χ1v) is 13.0. The molecule has 0 bridgehead atoms.